The predicted molar refractivity (Wildman–Crippen MR) is 107 cm³/mol. The number of methoxy groups -OCH3 is 1. The van der Waals surface area contributed by atoms with E-state index in [0.717, 1.165) is 32.1 Å². The van der Waals surface area contributed by atoms with Crippen molar-refractivity contribution in [3.63, 3.8) is 0 Å². The summed E-state index contributed by atoms with van der Waals surface area (Å²) in [7, 11) is 1.46. The van der Waals surface area contributed by atoms with Crippen LogP contribution in [0.25, 0.3) is 0 Å². The van der Waals surface area contributed by atoms with Crippen LogP contribution in [0.5, 0.6) is 0 Å². The van der Waals surface area contributed by atoms with Gasteiger partial charge in [-0.1, -0.05) is 96.8 Å². The molecule has 0 saturated carbocycles. The van der Waals surface area contributed by atoms with E-state index in [1.807, 2.05) is 0 Å². The minimum absolute atomic E-state index is 0.0552. The van der Waals surface area contributed by atoms with Crippen molar-refractivity contribution >= 4 is 5.97 Å². The van der Waals surface area contributed by atoms with Gasteiger partial charge in [-0.05, 0) is 19.3 Å². The largest absolute Gasteiger partial charge is 0.469 e. The number of hydrogen-bond acceptors (Lipinski definition) is 3. The molecule has 3 heteroatoms. The highest BCUT2D eigenvalue weighted by molar-refractivity contribution is 5.68. The second-order valence-corrected chi connectivity index (χ2v) is 7.51. The summed E-state index contributed by atoms with van der Waals surface area (Å²) in [6.07, 6.45) is 21.5. The van der Waals surface area contributed by atoms with E-state index >= 15 is 0 Å². The Morgan fingerprint density at radius 1 is 0.720 bits per heavy atom. The van der Waals surface area contributed by atoms with Gasteiger partial charge in [-0.25, -0.2) is 0 Å². The molecular weight excluding hydrogens is 312 g/mol. The molecule has 0 aliphatic carbocycles. The van der Waals surface area contributed by atoms with Gasteiger partial charge in [0.25, 0.3) is 0 Å². The van der Waals surface area contributed by atoms with Gasteiger partial charge >= 0.3 is 5.97 Å². The lowest BCUT2D eigenvalue weighted by Gasteiger charge is -2.09. The van der Waals surface area contributed by atoms with Crippen LogP contribution in [0.1, 0.15) is 122 Å². The zero-order valence-electron chi connectivity index (χ0n) is 17.1. The fourth-order valence-corrected chi connectivity index (χ4v) is 3.28. The van der Waals surface area contributed by atoms with Gasteiger partial charge in [-0.2, -0.15) is 0 Å². The number of carbonyl (C=O) groups excluding carboxylic acids is 1. The van der Waals surface area contributed by atoms with Gasteiger partial charge < -0.3 is 9.84 Å². The van der Waals surface area contributed by atoms with Crippen LogP contribution in [-0.4, -0.2) is 24.3 Å². The molecule has 1 unspecified atom stereocenters. The Morgan fingerprint density at radius 3 is 1.56 bits per heavy atom. The zero-order valence-corrected chi connectivity index (χ0v) is 17.1. The third kappa shape index (κ3) is 19.6. The Labute approximate surface area is 156 Å². The molecule has 1 N–H and O–H groups in total. The first-order valence-corrected chi connectivity index (χ1v) is 11.0. The molecule has 0 spiro atoms. The Hall–Kier alpha value is -0.570. The summed E-state index contributed by atoms with van der Waals surface area (Å²) in [5, 5.41) is 9.79. The highest BCUT2D eigenvalue weighted by atomic mass is 16.5. The van der Waals surface area contributed by atoms with E-state index in [2.05, 4.69) is 11.7 Å². The number of ether oxygens (including phenoxy) is 1. The molecule has 0 aliphatic heterocycles. The minimum Gasteiger partial charge on any atom is -0.469 e. The Kier molecular flexibility index (Phi) is 19.3. The standard InChI is InChI=1S/C22H44O3/c1-3-4-18-21(23)19-16-14-12-10-8-6-5-7-9-11-13-15-17-20-22(24)25-2/h21,23H,3-20H2,1-2H3. The number of rotatable bonds is 19. The quantitative estimate of drug-likeness (QED) is 0.210. The molecule has 0 bridgehead atoms. The van der Waals surface area contributed by atoms with Gasteiger partial charge in [0.1, 0.15) is 0 Å². The van der Waals surface area contributed by atoms with Crippen molar-refractivity contribution in [3.05, 3.63) is 0 Å². The zero-order chi connectivity index (χ0) is 18.6. The van der Waals surface area contributed by atoms with E-state index in [1.54, 1.807) is 0 Å². The van der Waals surface area contributed by atoms with E-state index < -0.39 is 0 Å². The lowest BCUT2D eigenvalue weighted by molar-refractivity contribution is -0.140. The average molecular weight is 357 g/mol. The van der Waals surface area contributed by atoms with Gasteiger partial charge in [-0.3, -0.25) is 4.79 Å². The summed E-state index contributed by atoms with van der Waals surface area (Å²) in [5.41, 5.74) is 0. The van der Waals surface area contributed by atoms with Crippen LogP contribution in [0.15, 0.2) is 0 Å². The maximum absolute atomic E-state index is 11.0. The number of carbonyl (C=O) groups is 1. The average Bonchev–Trinajstić information content (AvgIpc) is 2.62. The maximum atomic E-state index is 11.0. The molecular formula is C22H44O3. The van der Waals surface area contributed by atoms with Crippen LogP contribution in [-0.2, 0) is 9.53 Å². The molecule has 0 aromatic rings. The molecule has 0 saturated heterocycles. The van der Waals surface area contributed by atoms with Crippen molar-refractivity contribution in [2.75, 3.05) is 7.11 Å². The van der Waals surface area contributed by atoms with E-state index in [1.165, 1.54) is 84.2 Å². The van der Waals surface area contributed by atoms with E-state index in [-0.39, 0.29) is 12.1 Å². The van der Waals surface area contributed by atoms with E-state index in [0.29, 0.717) is 6.42 Å². The molecule has 0 radical (unpaired) electrons. The van der Waals surface area contributed by atoms with Crippen molar-refractivity contribution < 1.29 is 14.6 Å². The first-order chi connectivity index (χ1) is 12.2. The summed E-state index contributed by atoms with van der Waals surface area (Å²) in [6, 6.07) is 0. The lowest BCUT2D eigenvalue weighted by atomic mass is 10.0. The highest BCUT2D eigenvalue weighted by Gasteiger charge is 2.02. The van der Waals surface area contributed by atoms with Crippen LogP contribution in [0.3, 0.4) is 0 Å². The topological polar surface area (TPSA) is 46.5 Å². The molecule has 0 aromatic heterocycles. The first-order valence-electron chi connectivity index (χ1n) is 11.0. The van der Waals surface area contributed by atoms with Crippen molar-refractivity contribution in [1.82, 2.24) is 0 Å². The van der Waals surface area contributed by atoms with Gasteiger partial charge in [0, 0.05) is 6.42 Å². The first kappa shape index (κ1) is 24.4. The van der Waals surface area contributed by atoms with Crippen molar-refractivity contribution in [2.45, 2.75) is 129 Å². The van der Waals surface area contributed by atoms with E-state index in [4.69, 9.17) is 0 Å². The molecule has 25 heavy (non-hydrogen) atoms. The second kappa shape index (κ2) is 19.8. The SMILES string of the molecule is CCCCC(O)CCCCCCCCCCCCCCCC(=O)OC. The normalized spacial score (nSPS) is 12.3. The van der Waals surface area contributed by atoms with E-state index in [9.17, 15) is 9.90 Å². The summed E-state index contributed by atoms with van der Waals surface area (Å²) in [4.78, 5) is 11.0. The highest BCUT2D eigenvalue weighted by Crippen LogP contribution is 2.14. The fraction of sp³-hybridized carbons (Fsp3) is 0.955. The van der Waals surface area contributed by atoms with Crippen LogP contribution in [0.4, 0.5) is 0 Å². The molecule has 0 aromatic carbocycles. The Balaban J connectivity index is 3.08. The number of esters is 1. The fourth-order valence-electron chi connectivity index (χ4n) is 3.28. The Morgan fingerprint density at radius 2 is 1.12 bits per heavy atom. The van der Waals surface area contributed by atoms with Gasteiger partial charge in [0.2, 0.25) is 0 Å². The lowest BCUT2D eigenvalue weighted by Crippen LogP contribution is -2.05. The van der Waals surface area contributed by atoms with Gasteiger partial charge in [0.05, 0.1) is 13.2 Å². The third-order valence-corrected chi connectivity index (χ3v) is 5.04. The minimum atomic E-state index is -0.0762. The molecule has 0 amide bonds. The van der Waals surface area contributed by atoms with Crippen LogP contribution < -0.4 is 0 Å². The number of aliphatic hydroxyl groups excluding tert-OH is 1. The monoisotopic (exact) mass is 356 g/mol. The number of unbranched alkanes of at least 4 members (excludes halogenated alkanes) is 13. The number of aliphatic hydroxyl groups is 1. The van der Waals surface area contributed by atoms with Crippen molar-refractivity contribution in [3.8, 4) is 0 Å². The molecule has 1 atom stereocenters. The predicted octanol–water partition coefficient (Wildman–Crippen LogP) is 6.56. The van der Waals surface area contributed by atoms with Crippen LogP contribution in [0, 0.1) is 0 Å². The van der Waals surface area contributed by atoms with Gasteiger partial charge in [0.15, 0.2) is 0 Å². The Bertz CT molecular complexity index is 278. The molecule has 0 rings (SSSR count). The molecule has 3 nitrogen and oxygen atoms in total. The summed E-state index contributed by atoms with van der Waals surface area (Å²) < 4.78 is 4.64. The summed E-state index contributed by atoms with van der Waals surface area (Å²) in [5.74, 6) is -0.0762. The molecule has 0 aliphatic rings. The summed E-state index contributed by atoms with van der Waals surface area (Å²) >= 11 is 0. The number of hydrogen-bond donors (Lipinski definition) is 1. The van der Waals surface area contributed by atoms with Gasteiger partial charge in [-0.15, -0.1) is 0 Å². The summed E-state index contributed by atoms with van der Waals surface area (Å²) in [6.45, 7) is 2.18. The second-order valence-electron chi connectivity index (χ2n) is 7.51. The molecule has 0 heterocycles. The molecule has 0 fully saturated rings. The van der Waals surface area contributed by atoms with Crippen molar-refractivity contribution in [1.29, 1.82) is 0 Å². The smallest absolute Gasteiger partial charge is 0.305 e. The third-order valence-electron chi connectivity index (χ3n) is 5.04. The van der Waals surface area contributed by atoms with Crippen molar-refractivity contribution in [2.24, 2.45) is 0 Å². The maximum Gasteiger partial charge on any atom is 0.305 e. The molecule has 150 valence electrons. The van der Waals surface area contributed by atoms with Crippen LogP contribution in [0.2, 0.25) is 0 Å². The van der Waals surface area contributed by atoms with Crippen LogP contribution >= 0.6 is 0 Å².